The van der Waals surface area contributed by atoms with Gasteiger partial charge < -0.3 is 4.57 Å². The summed E-state index contributed by atoms with van der Waals surface area (Å²) >= 11 is 0. The molecule has 6 heteroatoms. The predicted molar refractivity (Wildman–Crippen MR) is 133 cm³/mol. The normalized spacial score (nSPS) is 11.7. The topological polar surface area (TPSA) is 61.8 Å². The second-order valence-electron chi connectivity index (χ2n) is 9.54. The van der Waals surface area contributed by atoms with Crippen molar-refractivity contribution in [2.24, 2.45) is 5.92 Å². The molecule has 0 radical (unpaired) electrons. The molecule has 6 nitrogen and oxygen atoms in total. The van der Waals surface area contributed by atoms with Crippen molar-refractivity contribution < 1.29 is 0 Å². The maximum Gasteiger partial charge on any atom is 0.337 e. The molecule has 0 aliphatic carbocycles. The Morgan fingerprint density at radius 3 is 2.33 bits per heavy atom. The lowest BCUT2D eigenvalue weighted by Crippen LogP contribution is -2.40. The number of nitrogens with zero attached hydrogens (tertiary/aromatic N) is 4. The van der Waals surface area contributed by atoms with Crippen molar-refractivity contribution in [3.8, 4) is 5.69 Å². The van der Waals surface area contributed by atoms with Crippen LogP contribution in [-0.2, 0) is 13.1 Å². The van der Waals surface area contributed by atoms with Crippen LogP contribution in [-0.4, -0.2) is 18.7 Å². The lowest BCUT2D eigenvalue weighted by Gasteiger charge is -2.14. The van der Waals surface area contributed by atoms with Crippen LogP contribution in [0, 0.1) is 12.8 Å². The number of hydrogen-bond acceptors (Lipinski definition) is 3. The molecule has 172 valence electrons. The largest absolute Gasteiger partial charge is 0.337 e. The summed E-state index contributed by atoms with van der Waals surface area (Å²) < 4.78 is 4.80. The van der Waals surface area contributed by atoms with E-state index in [2.05, 4.69) is 38.7 Å². The number of imidazole rings is 1. The molecule has 0 unspecified atom stereocenters. The first-order valence-corrected chi connectivity index (χ1v) is 11.6. The first-order chi connectivity index (χ1) is 15.8. The van der Waals surface area contributed by atoms with E-state index >= 15 is 0 Å². The molecule has 0 saturated heterocycles. The SMILES string of the molecule is Cc1cccc(Cn2cnc3c2c(=O)n(CCC(C)C)c(=O)n3-c2ccc(C(C)C)cc2)c1. The summed E-state index contributed by atoms with van der Waals surface area (Å²) in [6, 6.07) is 16.1. The lowest BCUT2D eigenvalue weighted by atomic mass is 10.0. The minimum atomic E-state index is -0.341. The molecule has 33 heavy (non-hydrogen) atoms. The van der Waals surface area contributed by atoms with Crippen LogP contribution in [0.15, 0.2) is 64.4 Å². The number of fused-ring (bicyclic) bond motifs is 1. The van der Waals surface area contributed by atoms with Gasteiger partial charge in [-0.15, -0.1) is 0 Å². The molecule has 0 fully saturated rings. The molecule has 0 N–H and O–H groups in total. The van der Waals surface area contributed by atoms with Gasteiger partial charge in [-0.05, 0) is 48.4 Å². The van der Waals surface area contributed by atoms with Gasteiger partial charge in [-0.3, -0.25) is 9.36 Å². The van der Waals surface area contributed by atoms with Crippen LogP contribution in [0.25, 0.3) is 16.9 Å². The average molecular weight is 445 g/mol. The Bertz CT molecular complexity index is 1390. The van der Waals surface area contributed by atoms with Gasteiger partial charge in [-0.25, -0.2) is 14.3 Å². The molecular formula is C27H32N4O2. The molecule has 0 aliphatic rings. The van der Waals surface area contributed by atoms with Crippen LogP contribution in [0.4, 0.5) is 0 Å². The molecule has 0 atom stereocenters. The Balaban J connectivity index is 1.93. The molecule has 0 bridgehead atoms. The Morgan fingerprint density at radius 2 is 1.70 bits per heavy atom. The van der Waals surface area contributed by atoms with Gasteiger partial charge in [0.1, 0.15) is 0 Å². The van der Waals surface area contributed by atoms with E-state index in [0.717, 1.165) is 17.5 Å². The van der Waals surface area contributed by atoms with Crippen molar-refractivity contribution in [1.29, 1.82) is 0 Å². The number of rotatable bonds is 7. The maximum atomic E-state index is 13.5. The summed E-state index contributed by atoms with van der Waals surface area (Å²) in [5.74, 6) is 0.771. The first kappa shape index (κ1) is 22.8. The maximum absolute atomic E-state index is 13.5. The lowest BCUT2D eigenvalue weighted by molar-refractivity contribution is 0.491. The summed E-state index contributed by atoms with van der Waals surface area (Å²) in [7, 11) is 0. The van der Waals surface area contributed by atoms with Crippen LogP contribution in [0.5, 0.6) is 0 Å². The zero-order valence-corrected chi connectivity index (χ0v) is 20.1. The van der Waals surface area contributed by atoms with Gasteiger partial charge in [0.25, 0.3) is 5.56 Å². The number of hydrogen-bond donors (Lipinski definition) is 0. The summed E-state index contributed by atoms with van der Waals surface area (Å²) in [5, 5.41) is 0. The second-order valence-corrected chi connectivity index (χ2v) is 9.54. The first-order valence-electron chi connectivity index (χ1n) is 11.6. The van der Waals surface area contributed by atoms with Crippen molar-refractivity contribution >= 4 is 11.2 Å². The van der Waals surface area contributed by atoms with Crippen LogP contribution in [0.1, 0.15) is 56.7 Å². The Labute approximate surface area is 194 Å². The average Bonchev–Trinajstić information content (AvgIpc) is 3.17. The summed E-state index contributed by atoms with van der Waals surface area (Å²) in [6.07, 6.45) is 2.42. The Morgan fingerprint density at radius 1 is 0.970 bits per heavy atom. The molecule has 2 aromatic heterocycles. The minimum Gasteiger partial charge on any atom is -0.320 e. The number of aromatic nitrogens is 4. The van der Waals surface area contributed by atoms with E-state index in [1.807, 2.05) is 54.0 Å². The van der Waals surface area contributed by atoms with Crippen LogP contribution >= 0.6 is 0 Å². The monoisotopic (exact) mass is 444 g/mol. The van der Waals surface area contributed by atoms with Crippen LogP contribution in [0.2, 0.25) is 0 Å². The highest BCUT2D eigenvalue weighted by Gasteiger charge is 2.19. The van der Waals surface area contributed by atoms with Crippen molar-refractivity contribution in [2.45, 2.75) is 60.0 Å². The third kappa shape index (κ3) is 4.56. The van der Waals surface area contributed by atoms with Gasteiger partial charge in [-0.1, -0.05) is 69.7 Å². The van der Waals surface area contributed by atoms with Crippen LogP contribution < -0.4 is 11.2 Å². The minimum absolute atomic E-state index is 0.282. The van der Waals surface area contributed by atoms with Crippen molar-refractivity contribution in [2.75, 3.05) is 0 Å². The van der Waals surface area contributed by atoms with E-state index in [4.69, 9.17) is 0 Å². The van der Waals surface area contributed by atoms with Crippen molar-refractivity contribution in [3.63, 3.8) is 0 Å². The van der Waals surface area contributed by atoms with Crippen molar-refractivity contribution in [3.05, 3.63) is 92.4 Å². The summed E-state index contributed by atoms with van der Waals surface area (Å²) in [4.78, 5) is 31.6. The van der Waals surface area contributed by atoms with Gasteiger partial charge in [0, 0.05) is 13.1 Å². The fourth-order valence-corrected chi connectivity index (χ4v) is 4.13. The van der Waals surface area contributed by atoms with E-state index in [9.17, 15) is 9.59 Å². The van der Waals surface area contributed by atoms with Crippen LogP contribution in [0.3, 0.4) is 0 Å². The highest BCUT2D eigenvalue weighted by atomic mass is 16.2. The summed E-state index contributed by atoms with van der Waals surface area (Å²) in [6.45, 7) is 11.4. The molecule has 2 heterocycles. The molecule has 2 aromatic carbocycles. The molecule has 0 spiro atoms. The van der Waals surface area contributed by atoms with Gasteiger partial charge in [0.15, 0.2) is 11.2 Å². The quantitative estimate of drug-likeness (QED) is 0.408. The predicted octanol–water partition coefficient (Wildman–Crippen LogP) is 4.88. The smallest absolute Gasteiger partial charge is 0.320 e. The standard InChI is InChI=1S/C27H32N4O2/c1-18(2)13-14-30-26(32)24-25(28-17-29(24)16-21-8-6-7-20(5)15-21)31(27(30)33)23-11-9-22(10-12-23)19(3)4/h6-12,15,17-19H,13-14,16H2,1-5H3. The summed E-state index contributed by atoms with van der Waals surface area (Å²) in [5.41, 5.74) is 4.38. The number of benzene rings is 2. The van der Waals surface area contributed by atoms with Gasteiger partial charge in [0.05, 0.1) is 12.0 Å². The van der Waals surface area contributed by atoms with Crippen molar-refractivity contribution in [1.82, 2.24) is 18.7 Å². The fourth-order valence-electron chi connectivity index (χ4n) is 4.13. The highest BCUT2D eigenvalue weighted by Crippen LogP contribution is 2.19. The second kappa shape index (κ2) is 9.22. The number of aryl methyl sites for hydroxylation is 1. The third-order valence-corrected chi connectivity index (χ3v) is 6.08. The molecule has 0 aliphatic heterocycles. The Kier molecular flexibility index (Phi) is 6.36. The van der Waals surface area contributed by atoms with Gasteiger partial charge in [0.2, 0.25) is 0 Å². The fraction of sp³-hybridized carbons (Fsp3) is 0.370. The zero-order chi connectivity index (χ0) is 23.7. The molecular weight excluding hydrogens is 412 g/mol. The molecule has 0 amide bonds. The van der Waals surface area contributed by atoms with Gasteiger partial charge in [-0.2, -0.15) is 0 Å². The van der Waals surface area contributed by atoms with E-state index < -0.39 is 0 Å². The highest BCUT2D eigenvalue weighted by molar-refractivity contribution is 5.72. The zero-order valence-electron chi connectivity index (χ0n) is 20.1. The van der Waals surface area contributed by atoms with E-state index in [0.29, 0.717) is 41.8 Å². The van der Waals surface area contributed by atoms with E-state index in [1.54, 1.807) is 10.9 Å². The van der Waals surface area contributed by atoms with E-state index in [1.165, 1.54) is 10.1 Å². The molecule has 4 rings (SSSR count). The molecule has 0 saturated carbocycles. The third-order valence-electron chi connectivity index (χ3n) is 6.08. The molecule has 4 aromatic rings. The van der Waals surface area contributed by atoms with Gasteiger partial charge >= 0.3 is 5.69 Å². The Hall–Kier alpha value is -3.41. The van der Waals surface area contributed by atoms with E-state index in [-0.39, 0.29) is 11.2 Å².